The summed E-state index contributed by atoms with van der Waals surface area (Å²) in [7, 11) is 0. The summed E-state index contributed by atoms with van der Waals surface area (Å²) in [4.78, 5) is 32.8. The van der Waals surface area contributed by atoms with E-state index in [1.807, 2.05) is 27.7 Å². The molecule has 2 aliphatic rings. The summed E-state index contributed by atoms with van der Waals surface area (Å²) in [5, 5.41) is 0. The molecule has 2 aliphatic heterocycles. The van der Waals surface area contributed by atoms with Crippen LogP contribution in [-0.4, -0.2) is 97.3 Å². The maximum Gasteiger partial charge on any atom is 0.327 e. The van der Waals surface area contributed by atoms with Crippen molar-refractivity contribution in [1.29, 1.82) is 0 Å². The van der Waals surface area contributed by atoms with E-state index in [9.17, 15) is 9.59 Å². The van der Waals surface area contributed by atoms with Crippen LogP contribution < -0.4 is 0 Å². The summed E-state index contributed by atoms with van der Waals surface area (Å²) in [6.07, 6.45) is 2.35. The van der Waals surface area contributed by atoms with Gasteiger partial charge in [0.15, 0.2) is 12.3 Å². The lowest BCUT2D eigenvalue weighted by atomic mass is 10.3. The molecule has 10 heteroatoms. The lowest BCUT2D eigenvalue weighted by Crippen LogP contribution is -2.48. The van der Waals surface area contributed by atoms with Crippen molar-refractivity contribution in [1.82, 2.24) is 19.6 Å². The predicted molar refractivity (Wildman–Crippen MR) is 110 cm³/mol. The molecule has 0 atom stereocenters. The molecule has 30 heavy (non-hydrogen) atoms. The molecule has 2 saturated heterocycles. The number of urea groups is 2. The molecular weight excluding hydrogens is 392 g/mol. The molecule has 0 spiro atoms. The number of hydrogen-bond donors (Lipinski definition) is 0. The second kappa shape index (κ2) is 12.9. The fourth-order valence-electron chi connectivity index (χ4n) is 3.52. The third-order valence-electron chi connectivity index (χ3n) is 4.84. The summed E-state index contributed by atoms with van der Waals surface area (Å²) in [5.74, 6) is 0. The number of rotatable bonds is 16. The van der Waals surface area contributed by atoms with Gasteiger partial charge in [-0.2, -0.15) is 0 Å². The molecule has 174 valence electrons. The normalized spacial score (nSPS) is 21.3. The molecule has 0 N–H and O–H groups in total. The molecule has 0 aliphatic carbocycles. The molecule has 0 aromatic heterocycles. The lowest BCUT2D eigenvalue weighted by Gasteiger charge is -2.29. The molecular formula is C20H38N4O6. The SMILES string of the molecule is CCCOCN1C(=O)N(COCCC)C2C1N(COCCC)C(=O)N2COCCC. The van der Waals surface area contributed by atoms with Crippen LogP contribution in [0.15, 0.2) is 0 Å². The van der Waals surface area contributed by atoms with Gasteiger partial charge in [0.1, 0.15) is 26.9 Å². The lowest BCUT2D eigenvalue weighted by molar-refractivity contribution is -0.0358. The Kier molecular flexibility index (Phi) is 10.6. The summed E-state index contributed by atoms with van der Waals surface area (Å²) < 4.78 is 22.7. The topological polar surface area (TPSA) is 84.0 Å². The average Bonchev–Trinajstić information content (AvgIpc) is 3.15. The van der Waals surface area contributed by atoms with Crippen molar-refractivity contribution in [3.8, 4) is 0 Å². The zero-order chi connectivity index (χ0) is 21.9. The Morgan fingerprint density at radius 2 is 0.767 bits per heavy atom. The standard InChI is InChI=1S/C20H38N4O6/c1-5-9-27-13-21-17-18(23(19(21)25)15-29-11-7-3)24(16-30-12-8-4)20(26)22(17)14-28-10-6-2/h17-18H,5-16H2,1-4H3. The highest BCUT2D eigenvalue weighted by atomic mass is 16.5. The Morgan fingerprint density at radius 1 is 0.533 bits per heavy atom. The van der Waals surface area contributed by atoms with E-state index in [1.165, 1.54) is 0 Å². The summed E-state index contributed by atoms with van der Waals surface area (Å²) in [6.45, 7) is 10.6. The van der Waals surface area contributed by atoms with Gasteiger partial charge in [-0.25, -0.2) is 9.59 Å². The second-order valence-electron chi connectivity index (χ2n) is 7.42. The van der Waals surface area contributed by atoms with Crippen LogP contribution in [0.4, 0.5) is 9.59 Å². The van der Waals surface area contributed by atoms with Crippen molar-refractivity contribution < 1.29 is 28.5 Å². The van der Waals surface area contributed by atoms with Gasteiger partial charge in [0.05, 0.1) is 0 Å². The van der Waals surface area contributed by atoms with Crippen LogP contribution in [-0.2, 0) is 18.9 Å². The van der Waals surface area contributed by atoms with Gasteiger partial charge in [0, 0.05) is 26.4 Å². The van der Waals surface area contributed by atoms with Crippen LogP contribution >= 0.6 is 0 Å². The third kappa shape index (κ3) is 5.75. The first-order chi connectivity index (χ1) is 14.6. The Morgan fingerprint density at radius 3 is 0.967 bits per heavy atom. The molecule has 2 heterocycles. The zero-order valence-corrected chi connectivity index (χ0v) is 18.9. The van der Waals surface area contributed by atoms with E-state index in [4.69, 9.17) is 18.9 Å². The molecule has 10 nitrogen and oxygen atoms in total. The number of carbonyl (C=O) groups is 2. The van der Waals surface area contributed by atoms with Gasteiger partial charge in [-0.15, -0.1) is 0 Å². The van der Waals surface area contributed by atoms with Crippen molar-refractivity contribution in [2.45, 2.75) is 65.7 Å². The summed E-state index contributed by atoms with van der Waals surface area (Å²) in [5.41, 5.74) is 0. The number of nitrogens with zero attached hydrogens (tertiary/aromatic N) is 4. The van der Waals surface area contributed by atoms with E-state index >= 15 is 0 Å². The van der Waals surface area contributed by atoms with Crippen molar-refractivity contribution in [3.05, 3.63) is 0 Å². The minimum absolute atomic E-state index is 0.110. The van der Waals surface area contributed by atoms with Gasteiger partial charge >= 0.3 is 12.1 Å². The first-order valence-electron chi connectivity index (χ1n) is 11.1. The van der Waals surface area contributed by atoms with Gasteiger partial charge in [-0.3, -0.25) is 19.6 Å². The van der Waals surface area contributed by atoms with Gasteiger partial charge in [-0.05, 0) is 25.7 Å². The van der Waals surface area contributed by atoms with E-state index in [0.717, 1.165) is 25.7 Å². The summed E-state index contributed by atoms with van der Waals surface area (Å²) >= 11 is 0. The average molecular weight is 431 g/mol. The zero-order valence-electron chi connectivity index (χ0n) is 18.9. The van der Waals surface area contributed by atoms with Crippen LogP contribution in [0.25, 0.3) is 0 Å². The smallest absolute Gasteiger partial charge is 0.327 e. The molecule has 0 aromatic carbocycles. The molecule has 0 unspecified atom stereocenters. The minimum Gasteiger partial charge on any atom is -0.361 e. The molecule has 4 amide bonds. The highest BCUT2D eigenvalue weighted by molar-refractivity contribution is 5.85. The van der Waals surface area contributed by atoms with E-state index in [1.54, 1.807) is 19.6 Å². The fourth-order valence-corrected chi connectivity index (χ4v) is 3.52. The van der Waals surface area contributed by atoms with Gasteiger partial charge in [0.2, 0.25) is 0 Å². The molecule has 0 bridgehead atoms. The van der Waals surface area contributed by atoms with Crippen LogP contribution in [0.5, 0.6) is 0 Å². The fraction of sp³-hybridized carbons (Fsp3) is 0.900. The first-order valence-corrected chi connectivity index (χ1v) is 11.1. The maximum absolute atomic E-state index is 13.2. The Bertz CT molecular complexity index is 451. The van der Waals surface area contributed by atoms with Crippen molar-refractivity contribution in [2.24, 2.45) is 0 Å². The van der Waals surface area contributed by atoms with Gasteiger partial charge in [0.25, 0.3) is 0 Å². The van der Waals surface area contributed by atoms with Crippen molar-refractivity contribution in [2.75, 3.05) is 53.4 Å². The van der Waals surface area contributed by atoms with Crippen LogP contribution in [0.3, 0.4) is 0 Å². The van der Waals surface area contributed by atoms with Crippen molar-refractivity contribution in [3.63, 3.8) is 0 Å². The van der Waals surface area contributed by atoms with E-state index in [2.05, 4.69) is 0 Å². The van der Waals surface area contributed by atoms with Gasteiger partial charge < -0.3 is 18.9 Å². The molecule has 0 aromatic rings. The molecule has 2 rings (SSSR count). The monoisotopic (exact) mass is 430 g/mol. The quantitative estimate of drug-likeness (QED) is 0.350. The minimum atomic E-state index is -0.519. The van der Waals surface area contributed by atoms with E-state index in [-0.39, 0.29) is 39.0 Å². The van der Waals surface area contributed by atoms with E-state index < -0.39 is 12.3 Å². The van der Waals surface area contributed by atoms with Crippen LogP contribution in [0.1, 0.15) is 53.4 Å². The third-order valence-corrected chi connectivity index (χ3v) is 4.84. The number of carbonyl (C=O) groups excluding carboxylic acids is 2. The van der Waals surface area contributed by atoms with Crippen molar-refractivity contribution >= 4 is 12.1 Å². The Labute approximate surface area is 179 Å². The number of amides is 4. The molecule has 0 radical (unpaired) electrons. The molecule has 2 fully saturated rings. The summed E-state index contributed by atoms with van der Waals surface area (Å²) in [6, 6.07) is -0.434. The number of hydrogen-bond acceptors (Lipinski definition) is 6. The van der Waals surface area contributed by atoms with Crippen LogP contribution in [0, 0.1) is 0 Å². The molecule has 0 saturated carbocycles. The Balaban J connectivity index is 2.26. The largest absolute Gasteiger partial charge is 0.361 e. The highest BCUT2D eigenvalue weighted by Gasteiger charge is 2.59. The maximum atomic E-state index is 13.2. The Hall–Kier alpha value is -1.62. The highest BCUT2D eigenvalue weighted by Crippen LogP contribution is 2.35. The van der Waals surface area contributed by atoms with Gasteiger partial charge in [-0.1, -0.05) is 27.7 Å². The number of ether oxygens (including phenoxy) is 4. The first kappa shape index (κ1) is 24.6. The predicted octanol–water partition coefficient (Wildman–Crippen LogP) is 2.65. The van der Waals surface area contributed by atoms with E-state index in [0.29, 0.717) is 26.4 Å². The second-order valence-corrected chi connectivity index (χ2v) is 7.42. The van der Waals surface area contributed by atoms with Crippen LogP contribution in [0.2, 0.25) is 0 Å². The number of fused-ring (bicyclic) bond motifs is 1.